The van der Waals surface area contributed by atoms with Gasteiger partial charge >= 0.3 is 0 Å². The lowest BCUT2D eigenvalue weighted by Gasteiger charge is -2.25. The second-order valence-corrected chi connectivity index (χ2v) is 4.26. The maximum Gasteiger partial charge on any atom is 0.113 e. The van der Waals surface area contributed by atoms with Gasteiger partial charge in [-0.25, -0.2) is 0 Å². The van der Waals surface area contributed by atoms with Gasteiger partial charge in [-0.3, -0.25) is 0 Å². The van der Waals surface area contributed by atoms with Gasteiger partial charge in [0.1, 0.15) is 7.85 Å². The van der Waals surface area contributed by atoms with Crippen molar-refractivity contribution in [2.75, 3.05) is 0 Å². The monoisotopic (exact) mass is 161 g/mol. The van der Waals surface area contributed by atoms with Crippen LogP contribution in [0.15, 0.2) is 23.7 Å². The van der Waals surface area contributed by atoms with Crippen LogP contribution in [0.25, 0.3) is 0 Å². The summed E-state index contributed by atoms with van der Waals surface area (Å²) in [6.45, 7) is 4.10. The molecule has 2 radical (unpaired) electrons. The maximum atomic E-state index is 5.92. The summed E-state index contributed by atoms with van der Waals surface area (Å²) in [7, 11) is 5.68. The zero-order chi connectivity index (χ0) is 9.19. The Hall–Kier alpha value is -0.495. The first-order chi connectivity index (χ1) is 5.47. The van der Waals surface area contributed by atoms with Crippen LogP contribution in [0.2, 0.25) is 0 Å². The molecule has 0 aliphatic heterocycles. The van der Waals surface area contributed by atoms with Gasteiger partial charge in [0.15, 0.2) is 0 Å². The highest BCUT2D eigenvalue weighted by Gasteiger charge is 2.17. The van der Waals surface area contributed by atoms with Gasteiger partial charge in [-0.05, 0) is 32.6 Å². The fraction of sp³-hybridized carbons (Fsp3) is 0.600. The molecule has 0 heterocycles. The number of hydrogen-bond donors (Lipinski definition) is 1. The van der Waals surface area contributed by atoms with Gasteiger partial charge in [-0.1, -0.05) is 18.2 Å². The molecule has 1 atom stereocenters. The van der Waals surface area contributed by atoms with E-state index in [1.807, 2.05) is 6.08 Å². The molecule has 0 amide bonds. The SMILES string of the molecule is [B]C1=CC(CC(C)(C)N)CC=C1. The van der Waals surface area contributed by atoms with E-state index < -0.39 is 0 Å². The van der Waals surface area contributed by atoms with E-state index in [0.29, 0.717) is 5.92 Å². The van der Waals surface area contributed by atoms with Crippen molar-refractivity contribution >= 4 is 7.85 Å². The molecular weight excluding hydrogens is 145 g/mol. The highest BCUT2D eigenvalue weighted by molar-refractivity contribution is 6.23. The van der Waals surface area contributed by atoms with Crippen molar-refractivity contribution in [1.82, 2.24) is 0 Å². The molecule has 0 spiro atoms. The molecule has 0 aromatic carbocycles. The van der Waals surface area contributed by atoms with Gasteiger partial charge in [0, 0.05) is 5.54 Å². The molecule has 1 unspecified atom stereocenters. The summed E-state index contributed by atoms with van der Waals surface area (Å²) in [6, 6.07) is 0. The lowest BCUT2D eigenvalue weighted by Crippen LogP contribution is -2.34. The van der Waals surface area contributed by atoms with E-state index in [-0.39, 0.29) is 5.54 Å². The lowest BCUT2D eigenvalue weighted by molar-refractivity contribution is 0.406. The Labute approximate surface area is 76.1 Å². The van der Waals surface area contributed by atoms with Crippen LogP contribution in [0.1, 0.15) is 26.7 Å². The first-order valence-electron chi connectivity index (χ1n) is 4.40. The standard InChI is InChI=1S/C10H16BN/c1-10(2,12)7-8-4-3-5-9(11)6-8/h3,5-6,8H,4,7,12H2,1-2H3. The predicted molar refractivity (Wildman–Crippen MR) is 54.0 cm³/mol. The van der Waals surface area contributed by atoms with Crippen LogP contribution >= 0.6 is 0 Å². The number of rotatable bonds is 2. The summed E-state index contributed by atoms with van der Waals surface area (Å²) < 4.78 is 0. The van der Waals surface area contributed by atoms with Crippen LogP contribution in [0, 0.1) is 5.92 Å². The Kier molecular flexibility index (Phi) is 2.78. The van der Waals surface area contributed by atoms with Gasteiger partial charge in [0.2, 0.25) is 0 Å². The number of hydrogen-bond acceptors (Lipinski definition) is 1. The molecule has 1 rings (SSSR count). The summed E-state index contributed by atoms with van der Waals surface area (Å²) in [5.74, 6) is 0.523. The largest absolute Gasteiger partial charge is 0.326 e. The fourth-order valence-corrected chi connectivity index (χ4v) is 1.59. The van der Waals surface area contributed by atoms with Crippen molar-refractivity contribution in [2.24, 2.45) is 11.7 Å². The van der Waals surface area contributed by atoms with Gasteiger partial charge in [-0.15, -0.1) is 5.47 Å². The smallest absolute Gasteiger partial charge is 0.113 e. The van der Waals surface area contributed by atoms with E-state index in [2.05, 4.69) is 26.0 Å². The highest BCUT2D eigenvalue weighted by Crippen LogP contribution is 2.23. The molecule has 2 N–H and O–H groups in total. The van der Waals surface area contributed by atoms with Crippen molar-refractivity contribution in [3.05, 3.63) is 23.7 Å². The van der Waals surface area contributed by atoms with Crippen molar-refractivity contribution in [3.8, 4) is 0 Å². The molecular formula is C10H16BN. The summed E-state index contributed by atoms with van der Waals surface area (Å²) in [6.07, 6.45) is 8.25. The third kappa shape index (κ3) is 3.27. The minimum atomic E-state index is -0.0906. The van der Waals surface area contributed by atoms with E-state index in [0.717, 1.165) is 18.3 Å². The van der Waals surface area contributed by atoms with Gasteiger partial charge < -0.3 is 5.73 Å². The third-order valence-electron chi connectivity index (χ3n) is 1.97. The third-order valence-corrected chi connectivity index (χ3v) is 1.97. The molecule has 64 valence electrons. The second kappa shape index (κ2) is 3.48. The summed E-state index contributed by atoms with van der Waals surface area (Å²) in [4.78, 5) is 0. The van der Waals surface area contributed by atoms with Crippen LogP contribution in [0.5, 0.6) is 0 Å². The number of allylic oxidation sites excluding steroid dienone is 4. The Morgan fingerprint density at radius 2 is 2.33 bits per heavy atom. The maximum absolute atomic E-state index is 5.92. The first kappa shape index (κ1) is 9.59. The van der Waals surface area contributed by atoms with Crippen LogP contribution in [-0.2, 0) is 0 Å². The molecule has 1 aliphatic carbocycles. The zero-order valence-corrected chi connectivity index (χ0v) is 7.88. The first-order valence-corrected chi connectivity index (χ1v) is 4.40. The van der Waals surface area contributed by atoms with Crippen LogP contribution < -0.4 is 5.73 Å². The Morgan fingerprint density at radius 3 is 2.83 bits per heavy atom. The average molecular weight is 161 g/mol. The molecule has 1 aliphatic rings. The Bertz CT molecular complexity index is 210. The van der Waals surface area contributed by atoms with Crippen molar-refractivity contribution in [3.63, 3.8) is 0 Å². The van der Waals surface area contributed by atoms with E-state index in [1.54, 1.807) is 0 Å². The molecule has 0 bridgehead atoms. The minimum Gasteiger partial charge on any atom is -0.326 e. The quantitative estimate of drug-likeness (QED) is 0.613. The Morgan fingerprint density at radius 1 is 1.67 bits per heavy atom. The number of nitrogens with two attached hydrogens (primary N) is 1. The lowest BCUT2D eigenvalue weighted by atomic mass is 9.81. The van der Waals surface area contributed by atoms with Crippen LogP contribution in [0.3, 0.4) is 0 Å². The molecule has 12 heavy (non-hydrogen) atoms. The molecule has 0 saturated heterocycles. The Balaban J connectivity index is 2.51. The van der Waals surface area contributed by atoms with E-state index in [9.17, 15) is 0 Å². The average Bonchev–Trinajstić information content (AvgIpc) is 1.82. The van der Waals surface area contributed by atoms with Gasteiger partial charge in [0.25, 0.3) is 0 Å². The molecule has 0 aromatic rings. The molecule has 0 fully saturated rings. The molecule has 0 aromatic heterocycles. The highest BCUT2D eigenvalue weighted by atomic mass is 14.7. The van der Waals surface area contributed by atoms with Crippen LogP contribution in [-0.4, -0.2) is 13.4 Å². The zero-order valence-electron chi connectivity index (χ0n) is 7.88. The van der Waals surface area contributed by atoms with Crippen molar-refractivity contribution in [1.29, 1.82) is 0 Å². The van der Waals surface area contributed by atoms with Crippen molar-refractivity contribution < 1.29 is 0 Å². The predicted octanol–water partition coefficient (Wildman–Crippen LogP) is 1.74. The second-order valence-electron chi connectivity index (χ2n) is 4.26. The normalized spacial score (nSPS) is 23.9. The van der Waals surface area contributed by atoms with Crippen LogP contribution in [0.4, 0.5) is 0 Å². The minimum absolute atomic E-state index is 0.0906. The van der Waals surface area contributed by atoms with E-state index in [4.69, 9.17) is 13.6 Å². The van der Waals surface area contributed by atoms with Gasteiger partial charge in [-0.2, -0.15) is 0 Å². The van der Waals surface area contributed by atoms with E-state index >= 15 is 0 Å². The van der Waals surface area contributed by atoms with Crippen molar-refractivity contribution in [2.45, 2.75) is 32.2 Å². The summed E-state index contributed by atoms with van der Waals surface area (Å²) >= 11 is 0. The topological polar surface area (TPSA) is 26.0 Å². The fourth-order valence-electron chi connectivity index (χ4n) is 1.59. The van der Waals surface area contributed by atoms with E-state index in [1.165, 1.54) is 0 Å². The molecule has 0 saturated carbocycles. The summed E-state index contributed by atoms with van der Waals surface area (Å²) in [5.41, 5.74) is 6.70. The van der Waals surface area contributed by atoms with Gasteiger partial charge in [0.05, 0.1) is 0 Å². The molecule has 2 heteroatoms. The summed E-state index contributed by atoms with van der Waals surface area (Å²) in [5, 5.41) is 0. The molecule has 1 nitrogen and oxygen atoms in total.